The molecule has 1 atom stereocenters. The molecule has 0 N–H and O–H groups in total. The fourth-order valence-corrected chi connectivity index (χ4v) is 3.28. The lowest BCUT2D eigenvalue weighted by Crippen LogP contribution is -2.46. The third-order valence-corrected chi connectivity index (χ3v) is 4.51. The quantitative estimate of drug-likeness (QED) is 0.740. The van der Waals surface area contributed by atoms with Gasteiger partial charge in [-0.1, -0.05) is 6.92 Å². The Morgan fingerprint density at radius 1 is 1.30 bits per heavy atom. The average Bonchev–Trinajstić information content (AvgIpc) is 2.86. The van der Waals surface area contributed by atoms with Gasteiger partial charge < -0.3 is 4.90 Å². The number of ketones is 1. The van der Waals surface area contributed by atoms with E-state index < -0.39 is 0 Å². The van der Waals surface area contributed by atoms with Crippen LogP contribution in [0.15, 0.2) is 0 Å². The molecule has 0 aromatic heterocycles. The molecule has 20 heavy (non-hydrogen) atoms. The minimum atomic E-state index is 0.168. The maximum Gasteiger partial charge on any atom is 0.236 e. The van der Waals surface area contributed by atoms with Crippen LogP contribution in [0.3, 0.4) is 0 Å². The molecule has 2 saturated heterocycles. The monoisotopic (exact) mass is 281 g/mol. The zero-order valence-electron chi connectivity index (χ0n) is 12.8. The molecule has 2 heterocycles. The molecule has 1 amide bonds. The van der Waals surface area contributed by atoms with Crippen molar-refractivity contribution in [3.8, 4) is 0 Å². The Morgan fingerprint density at radius 3 is 2.65 bits per heavy atom. The van der Waals surface area contributed by atoms with Gasteiger partial charge in [-0.2, -0.15) is 0 Å². The molecule has 5 heteroatoms. The molecular formula is C15H27N3O2. The van der Waals surface area contributed by atoms with Gasteiger partial charge >= 0.3 is 0 Å². The van der Waals surface area contributed by atoms with Crippen LogP contribution < -0.4 is 0 Å². The van der Waals surface area contributed by atoms with Crippen molar-refractivity contribution >= 4 is 11.7 Å². The van der Waals surface area contributed by atoms with Crippen LogP contribution in [0.1, 0.15) is 32.6 Å². The smallest absolute Gasteiger partial charge is 0.236 e. The van der Waals surface area contributed by atoms with Gasteiger partial charge in [-0.05, 0) is 33.0 Å². The first kappa shape index (κ1) is 15.4. The molecule has 0 radical (unpaired) electrons. The number of amides is 1. The van der Waals surface area contributed by atoms with Gasteiger partial charge in [0.25, 0.3) is 0 Å². The first-order valence-corrected chi connectivity index (χ1v) is 7.82. The second-order valence-corrected chi connectivity index (χ2v) is 6.04. The van der Waals surface area contributed by atoms with E-state index in [-0.39, 0.29) is 11.7 Å². The highest BCUT2D eigenvalue weighted by atomic mass is 16.2. The highest BCUT2D eigenvalue weighted by Gasteiger charge is 2.26. The molecule has 1 unspecified atom stereocenters. The van der Waals surface area contributed by atoms with Crippen molar-refractivity contribution in [1.29, 1.82) is 0 Å². The van der Waals surface area contributed by atoms with E-state index in [1.54, 1.807) is 0 Å². The lowest BCUT2D eigenvalue weighted by Gasteiger charge is -2.30. The van der Waals surface area contributed by atoms with E-state index >= 15 is 0 Å². The number of carbonyl (C=O) groups excluding carboxylic acids is 2. The summed E-state index contributed by atoms with van der Waals surface area (Å²) >= 11 is 0. The van der Waals surface area contributed by atoms with Crippen molar-refractivity contribution in [1.82, 2.24) is 14.7 Å². The largest absolute Gasteiger partial charge is 0.341 e. The van der Waals surface area contributed by atoms with Crippen LogP contribution in [0.5, 0.6) is 0 Å². The summed E-state index contributed by atoms with van der Waals surface area (Å²) in [6.45, 7) is 7.15. The molecule has 0 saturated carbocycles. The Balaban J connectivity index is 1.74. The van der Waals surface area contributed by atoms with E-state index in [4.69, 9.17) is 0 Å². The van der Waals surface area contributed by atoms with Gasteiger partial charge in [0.2, 0.25) is 5.91 Å². The zero-order valence-corrected chi connectivity index (χ0v) is 12.8. The molecule has 0 bridgehead atoms. The topological polar surface area (TPSA) is 43.9 Å². The van der Waals surface area contributed by atoms with Crippen LogP contribution in [-0.2, 0) is 9.59 Å². The van der Waals surface area contributed by atoms with E-state index in [2.05, 4.69) is 16.7 Å². The fourth-order valence-electron chi connectivity index (χ4n) is 3.28. The molecule has 5 nitrogen and oxygen atoms in total. The third-order valence-electron chi connectivity index (χ3n) is 4.51. The number of carbonyl (C=O) groups is 2. The summed E-state index contributed by atoms with van der Waals surface area (Å²) in [6.07, 6.45) is 3.57. The van der Waals surface area contributed by atoms with Crippen molar-refractivity contribution < 1.29 is 9.59 Å². The molecule has 0 spiro atoms. The van der Waals surface area contributed by atoms with Crippen molar-refractivity contribution in [2.75, 3.05) is 46.3 Å². The van der Waals surface area contributed by atoms with Gasteiger partial charge in [-0.15, -0.1) is 0 Å². The summed E-state index contributed by atoms with van der Waals surface area (Å²) in [6, 6.07) is 0.598. The summed E-state index contributed by atoms with van der Waals surface area (Å²) in [5, 5.41) is 0. The molecule has 2 fully saturated rings. The average molecular weight is 281 g/mol. The molecule has 2 aliphatic rings. The first-order chi connectivity index (χ1) is 9.60. The van der Waals surface area contributed by atoms with Crippen LogP contribution in [0.4, 0.5) is 0 Å². The van der Waals surface area contributed by atoms with Crippen molar-refractivity contribution in [3.05, 3.63) is 0 Å². The Morgan fingerprint density at radius 2 is 2.00 bits per heavy atom. The minimum absolute atomic E-state index is 0.168. The third kappa shape index (κ3) is 4.03. The van der Waals surface area contributed by atoms with Gasteiger partial charge in [-0.25, -0.2) is 0 Å². The first-order valence-electron chi connectivity index (χ1n) is 7.82. The second kappa shape index (κ2) is 7.18. The SMILES string of the molecule is CCN1CCCC1CN(C)CC(=O)N1CCC(=O)CC1. The lowest BCUT2D eigenvalue weighted by atomic mass is 10.1. The van der Waals surface area contributed by atoms with Crippen molar-refractivity contribution in [2.24, 2.45) is 0 Å². The molecule has 114 valence electrons. The predicted molar refractivity (Wildman–Crippen MR) is 78.6 cm³/mol. The van der Waals surface area contributed by atoms with E-state index in [1.807, 2.05) is 11.9 Å². The molecule has 2 rings (SSSR count). The number of likely N-dealkylation sites (N-methyl/N-ethyl adjacent to an activating group) is 2. The van der Waals surface area contributed by atoms with Crippen LogP contribution in [0.25, 0.3) is 0 Å². The highest BCUT2D eigenvalue weighted by molar-refractivity contribution is 5.84. The maximum atomic E-state index is 12.2. The van der Waals surface area contributed by atoms with E-state index in [0.29, 0.717) is 38.5 Å². The molecule has 0 aromatic carbocycles. The molecule has 0 aromatic rings. The van der Waals surface area contributed by atoms with E-state index in [0.717, 1.165) is 13.1 Å². The number of nitrogens with zero attached hydrogens (tertiary/aromatic N) is 3. The number of Topliss-reactive ketones (excluding diaryl/α,β-unsaturated/α-hetero) is 1. The highest BCUT2D eigenvalue weighted by Crippen LogP contribution is 2.17. The van der Waals surface area contributed by atoms with E-state index in [9.17, 15) is 9.59 Å². The minimum Gasteiger partial charge on any atom is -0.341 e. The Kier molecular flexibility index (Phi) is 5.54. The maximum absolute atomic E-state index is 12.2. The Labute approximate surface area is 121 Å². The van der Waals surface area contributed by atoms with Crippen LogP contribution in [0, 0.1) is 0 Å². The standard InChI is InChI=1S/C15H27N3O2/c1-3-17-8-4-5-13(17)11-16(2)12-15(20)18-9-6-14(19)7-10-18/h13H,3-12H2,1-2H3. The van der Waals surface area contributed by atoms with E-state index in [1.165, 1.54) is 19.4 Å². The van der Waals surface area contributed by atoms with Crippen LogP contribution >= 0.6 is 0 Å². The van der Waals surface area contributed by atoms with Gasteiger partial charge in [0, 0.05) is 38.5 Å². The summed E-state index contributed by atoms with van der Waals surface area (Å²) in [5.41, 5.74) is 0. The lowest BCUT2D eigenvalue weighted by molar-refractivity contribution is -0.135. The van der Waals surface area contributed by atoms with Crippen molar-refractivity contribution in [2.45, 2.75) is 38.6 Å². The summed E-state index contributed by atoms with van der Waals surface area (Å²) < 4.78 is 0. The number of hydrogen-bond acceptors (Lipinski definition) is 4. The summed E-state index contributed by atoms with van der Waals surface area (Å²) in [4.78, 5) is 29.9. The van der Waals surface area contributed by atoms with Crippen molar-refractivity contribution in [3.63, 3.8) is 0 Å². The summed E-state index contributed by atoms with van der Waals surface area (Å²) in [5.74, 6) is 0.452. The van der Waals surface area contributed by atoms with Gasteiger partial charge in [0.05, 0.1) is 6.54 Å². The van der Waals surface area contributed by atoms with Crippen LogP contribution in [-0.4, -0.2) is 78.7 Å². The Bertz CT molecular complexity index is 349. The normalized spacial score (nSPS) is 24.6. The number of likely N-dealkylation sites (tertiary alicyclic amines) is 2. The predicted octanol–water partition coefficient (Wildman–Crippen LogP) is 0.594. The fraction of sp³-hybridized carbons (Fsp3) is 0.867. The number of rotatable bonds is 5. The number of hydrogen-bond donors (Lipinski definition) is 0. The number of piperidine rings is 1. The van der Waals surface area contributed by atoms with Gasteiger partial charge in [0.1, 0.15) is 5.78 Å². The molecular weight excluding hydrogens is 254 g/mol. The summed E-state index contributed by atoms with van der Waals surface area (Å²) in [7, 11) is 2.03. The van der Waals surface area contributed by atoms with Crippen LogP contribution in [0.2, 0.25) is 0 Å². The molecule has 2 aliphatic heterocycles. The zero-order chi connectivity index (χ0) is 14.5. The van der Waals surface area contributed by atoms with Gasteiger partial charge in [0.15, 0.2) is 0 Å². The van der Waals surface area contributed by atoms with Gasteiger partial charge in [-0.3, -0.25) is 19.4 Å². The Hall–Kier alpha value is -0.940. The molecule has 0 aliphatic carbocycles. The second-order valence-electron chi connectivity index (χ2n) is 6.04.